The molecule has 0 atom stereocenters. The lowest BCUT2D eigenvalue weighted by molar-refractivity contribution is 1.18. The molecule has 192 valence electrons. The second kappa shape index (κ2) is 10.2. The SMILES string of the molecule is Clc1cc(Cl)cc(-c2cccc(N(c3ccccc3)c3ccc4c5ccccc5n(-c5ccccc5)c4c3)c2)c1. The van der Waals surface area contributed by atoms with Crippen LogP contribution in [0.5, 0.6) is 0 Å². The minimum Gasteiger partial charge on any atom is -0.310 e. The Labute approximate surface area is 243 Å². The zero-order chi connectivity index (χ0) is 27.1. The Bertz CT molecular complexity index is 1960. The standard InChI is InChI=1S/C36H24Cl2N2/c37-27-20-26(21-28(38)23-27)25-10-9-15-31(22-25)39(29-11-3-1-4-12-29)32-18-19-34-33-16-7-8-17-35(33)40(36(34)24-32)30-13-5-2-6-14-30/h1-24H. The number of fused-ring (bicyclic) bond motifs is 3. The summed E-state index contributed by atoms with van der Waals surface area (Å²) in [4.78, 5) is 2.29. The van der Waals surface area contributed by atoms with Gasteiger partial charge in [0.1, 0.15) is 0 Å². The Morgan fingerprint density at radius 2 is 1.05 bits per heavy atom. The summed E-state index contributed by atoms with van der Waals surface area (Å²) in [5.41, 5.74) is 8.69. The molecule has 40 heavy (non-hydrogen) atoms. The Balaban J connectivity index is 1.45. The van der Waals surface area contributed by atoms with E-state index < -0.39 is 0 Å². The fraction of sp³-hybridized carbons (Fsp3) is 0. The summed E-state index contributed by atoms with van der Waals surface area (Å²) in [7, 11) is 0. The highest BCUT2D eigenvalue weighted by molar-refractivity contribution is 6.35. The third-order valence-corrected chi connectivity index (χ3v) is 7.68. The largest absolute Gasteiger partial charge is 0.310 e. The van der Waals surface area contributed by atoms with E-state index in [0.717, 1.165) is 39.4 Å². The van der Waals surface area contributed by atoms with Gasteiger partial charge in [-0.15, -0.1) is 0 Å². The molecule has 0 fully saturated rings. The number of rotatable bonds is 5. The highest BCUT2D eigenvalue weighted by atomic mass is 35.5. The van der Waals surface area contributed by atoms with Crippen molar-refractivity contribution in [2.45, 2.75) is 0 Å². The molecular formula is C36H24Cl2N2. The number of aromatic nitrogens is 1. The summed E-state index contributed by atoms with van der Waals surface area (Å²) in [5, 5.41) is 3.69. The van der Waals surface area contributed by atoms with Gasteiger partial charge < -0.3 is 9.47 Å². The number of para-hydroxylation sites is 3. The van der Waals surface area contributed by atoms with Crippen LogP contribution in [0, 0.1) is 0 Å². The van der Waals surface area contributed by atoms with Gasteiger partial charge in [0.15, 0.2) is 0 Å². The van der Waals surface area contributed by atoms with Crippen molar-refractivity contribution in [3.05, 3.63) is 156 Å². The number of halogens is 2. The van der Waals surface area contributed by atoms with Crippen LogP contribution in [0.2, 0.25) is 10.0 Å². The molecule has 6 aromatic carbocycles. The molecule has 0 aliphatic heterocycles. The first-order chi connectivity index (χ1) is 19.7. The van der Waals surface area contributed by atoms with E-state index in [1.54, 1.807) is 6.07 Å². The van der Waals surface area contributed by atoms with Crippen LogP contribution in [0.15, 0.2) is 146 Å². The van der Waals surface area contributed by atoms with Gasteiger partial charge in [0, 0.05) is 43.6 Å². The number of hydrogen-bond donors (Lipinski definition) is 0. The summed E-state index contributed by atoms with van der Waals surface area (Å²) < 4.78 is 2.35. The lowest BCUT2D eigenvalue weighted by atomic mass is 10.0. The number of hydrogen-bond acceptors (Lipinski definition) is 1. The quantitative estimate of drug-likeness (QED) is 0.205. The predicted octanol–water partition coefficient (Wildman–Crippen LogP) is 11.2. The second-order valence-corrected chi connectivity index (χ2v) is 10.6. The molecule has 0 saturated carbocycles. The third kappa shape index (κ3) is 4.42. The fourth-order valence-electron chi connectivity index (χ4n) is 5.52. The van der Waals surface area contributed by atoms with Crippen molar-refractivity contribution in [3.63, 3.8) is 0 Å². The topological polar surface area (TPSA) is 8.17 Å². The van der Waals surface area contributed by atoms with Crippen molar-refractivity contribution < 1.29 is 0 Å². The molecule has 0 spiro atoms. The molecular weight excluding hydrogens is 531 g/mol. The van der Waals surface area contributed by atoms with Gasteiger partial charge in [-0.2, -0.15) is 0 Å². The maximum absolute atomic E-state index is 6.35. The molecule has 0 saturated heterocycles. The Hall–Kier alpha value is -4.50. The molecule has 1 aromatic heterocycles. The molecule has 2 nitrogen and oxygen atoms in total. The molecule has 4 heteroatoms. The molecule has 0 N–H and O–H groups in total. The Morgan fingerprint density at radius 1 is 0.425 bits per heavy atom. The van der Waals surface area contributed by atoms with Gasteiger partial charge in [-0.25, -0.2) is 0 Å². The summed E-state index contributed by atoms with van der Waals surface area (Å²) in [6, 6.07) is 50.5. The van der Waals surface area contributed by atoms with E-state index in [1.165, 1.54) is 16.3 Å². The minimum absolute atomic E-state index is 0.618. The normalized spacial score (nSPS) is 11.2. The first-order valence-electron chi connectivity index (χ1n) is 13.2. The van der Waals surface area contributed by atoms with E-state index in [2.05, 4.69) is 131 Å². The first kappa shape index (κ1) is 24.5. The van der Waals surface area contributed by atoms with Gasteiger partial charge in [-0.1, -0.05) is 96.0 Å². The molecule has 0 radical (unpaired) electrons. The lowest BCUT2D eigenvalue weighted by Crippen LogP contribution is -2.10. The van der Waals surface area contributed by atoms with Crippen molar-refractivity contribution in [2.24, 2.45) is 0 Å². The van der Waals surface area contributed by atoms with E-state index in [9.17, 15) is 0 Å². The van der Waals surface area contributed by atoms with Crippen LogP contribution < -0.4 is 4.90 Å². The van der Waals surface area contributed by atoms with Gasteiger partial charge in [-0.3, -0.25) is 0 Å². The van der Waals surface area contributed by atoms with Gasteiger partial charge >= 0.3 is 0 Å². The van der Waals surface area contributed by atoms with Crippen molar-refractivity contribution >= 4 is 62.1 Å². The smallest absolute Gasteiger partial charge is 0.0561 e. The zero-order valence-corrected chi connectivity index (χ0v) is 23.0. The van der Waals surface area contributed by atoms with Crippen LogP contribution >= 0.6 is 23.2 Å². The van der Waals surface area contributed by atoms with Gasteiger partial charge in [-0.05, 0) is 83.9 Å². The molecule has 0 aliphatic carbocycles. The van der Waals surface area contributed by atoms with E-state index in [0.29, 0.717) is 10.0 Å². The van der Waals surface area contributed by atoms with E-state index in [-0.39, 0.29) is 0 Å². The Morgan fingerprint density at radius 3 is 1.82 bits per heavy atom. The third-order valence-electron chi connectivity index (χ3n) is 7.24. The molecule has 1 heterocycles. The first-order valence-corrected chi connectivity index (χ1v) is 13.9. The van der Waals surface area contributed by atoms with Crippen molar-refractivity contribution in [1.29, 1.82) is 0 Å². The van der Waals surface area contributed by atoms with Crippen LogP contribution in [0.1, 0.15) is 0 Å². The average molecular weight is 556 g/mol. The molecule has 7 rings (SSSR count). The van der Waals surface area contributed by atoms with Crippen LogP contribution in [-0.2, 0) is 0 Å². The van der Waals surface area contributed by atoms with Crippen LogP contribution in [-0.4, -0.2) is 4.57 Å². The number of nitrogens with zero attached hydrogens (tertiary/aromatic N) is 2. The maximum Gasteiger partial charge on any atom is 0.0561 e. The maximum atomic E-state index is 6.35. The van der Waals surface area contributed by atoms with E-state index in [1.807, 2.05) is 18.2 Å². The monoisotopic (exact) mass is 554 g/mol. The van der Waals surface area contributed by atoms with Gasteiger partial charge in [0.25, 0.3) is 0 Å². The van der Waals surface area contributed by atoms with Crippen molar-refractivity contribution in [2.75, 3.05) is 4.90 Å². The summed E-state index contributed by atoms with van der Waals surface area (Å²) in [5.74, 6) is 0. The zero-order valence-electron chi connectivity index (χ0n) is 21.5. The van der Waals surface area contributed by atoms with E-state index >= 15 is 0 Å². The van der Waals surface area contributed by atoms with Crippen molar-refractivity contribution in [1.82, 2.24) is 4.57 Å². The number of anilines is 3. The second-order valence-electron chi connectivity index (χ2n) is 9.77. The van der Waals surface area contributed by atoms with Crippen LogP contribution in [0.4, 0.5) is 17.1 Å². The van der Waals surface area contributed by atoms with E-state index in [4.69, 9.17) is 23.2 Å². The van der Waals surface area contributed by atoms with Gasteiger partial charge in [0.05, 0.1) is 11.0 Å². The predicted molar refractivity (Wildman–Crippen MR) is 171 cm³/mol. The van der Waals surface area contributed by atoms with Crippen molar-refractivity contribution in [3.8, 4) is 16.8 Å². The summed E-state index contributed by atoms with van der Waals surface area (Å²) in [6.07, 6.45) is 0. The van der Waals surface area contributed by atoms with Crippen LogP contribution in [0.25, 0.3) is 38.6 Å². The summed E-state index contributed by atoms with van der Waals surface area (Å²) >= 11 is 12.7. The highest BCUT2D eigenvalue weighted by Gasteiger charge is 2.17. The van der Waals surface area contributed by atoms with Crippen LogP contribution in [0.3, 0.4) is 0 Å². The number of benzene rings is 6. The highest BCUT2D eigenvalue weighted by Crippen LogP contribution is 2.40. The van der Waals surface area contributed by atoms with Gasteiger partial charge in [0.2, 0.25) is 0 Å². The molecule has 0 aliphatic rings. The Kier molecular flexibility index (Phi) is 6.28. The lowest BCUT2D eigenvalue weighted by Gasteiger charge is -2.26. The summed E-state index contributed by atoms with van der Waals surface area (Å²) in [6.45, 7) is 0. The fourth-order valence-corrected chi connectivity index (χ4v) is 6.05. The molecule has 0 amide bonds. The molecule has 7 aromatic rings. The average Bonchev–Trinajstić information content (AvgIpc) is 3.32. The molecule has 0 bridgehead atoms. The molecule has 0 unspecified atom stereocenters. The minimum atomic E-state index is 0.618.